The molecule has 1 aromatic carbocycles. The summed E-state index contributed by atoms with van der Waals surface area (Å²) in [6.45, 7) is 0.412. The van der Waals surface area contributed by atoms with Gasteiger partial charge < -0.3 is 9.67 Å². The zero-order chi connectivity index (χ0) is 13.6. The number of fused-ring (bicyclic) bond motifs is 1. The van der Waals surface area contributed by atoms with Crippen molar-refractivity contribution in [3.8, 4) is 0 Å². The van der Waals surface area contributed by atoms with Crippen molar-refractivity contribution in [2.75, 3.05) is 0 Å². The van der Waals surface area contributed by atoms with Crippen molar-refractivity contribution in [1.29, 1.82) is 0 Å². The van der Waals surface area contributed by atoms with Crippen LogP contribution in [0.2, 0.25) is 10.0 Å². The second kappa shape index (κ2) is 4.69. The molecule has 3 rings (SSSR count). The third-order valence-corrected chi connectivity index (χ3v) is 4.03. The van der Waals surface area contributed by atoms with Crippen molar-refractivity contribution < 1.29 is 9.90 Å². The van der Waals surface area contributed by atoms with Gasteiger partial charge in [-0.15, -0.1) is 0 Å². The van der Waals surface area contributed by atoms with E-state index in [4.69, 9.17) is 28.3 Å². The predicted molar refractivity (Wildman–Crippen MR) is 74.0 cm³/mol. The van der Waals surface area contributed by atoms with Crippen LogP contribution in [0.1, 0.15) is 31.0 Å². The molecule has 0 saturated heterocycles. The molecule has 1 saturated carbocycles. The second-order valence-electron chi connectivity index (χ2n) is 4.79. The van der Waals surface area contributed by atoms with E-state index in [9.17, 15) is 4.79 Å². The molecule has 1 aliphatic carbocycles. The van der Waals surface area contributed by atoms with Crippen LogP contribution in [0.3, 0.4) is 0 Å². The van der Waals surface area contributed by atoms with Crippen LogP contribution >= 0.6 is 23.2 Å². The molecule has 1 N–H and O–H groups in total. The van der Waals surface area contributed by atoms with Crippen molar-refractivity contribution >= 4 is 40.2 Å². The van der Waals surface area contributed by atoms with Gasteiger partial charge in [0.1, 0.15) is 5.82 Å². The van der Waals surface area contributed by atoms with Crippen LogP contribution < -0.4 is 0 Å². The first-order valence-electron chi connectivity index (χ1n) is 6.13. The number of nitrogens with zero attached hydrogens (tertiary/aromatic N) is 2. The Balaban J connectivity index is 2.11. The number of hydrogen-bond acceptors (Lipinski definition) is 2. The highest BCUT2D eigenvalue weighted by atomic mass is 35.5. The summed E-state index contributed by atoms with van der Waals surface area (Å²) in [4.78, 5) is 15.3. The van der Waals surface area contributed by atoms with Gasteiger partial charge in [-0.2, -0.15) is 0 Å². The van der Waals surface area contributed by atoms with E-state index in [0.29, 0.717) is 22.5 Å². The highest BCUT2D eigenvalue weighted by molar-refractivity contribution is 6.42. The molecule has 1 heterocycles. The molecule has 4 nitrogen and oxygen atoms in total. The number of rotatable bonds is 4. The summed E-state index contributed by atoms with van der Waals surface area (Å²) >= 11 is 12.0. The lowest BCUT2D eigenvalue weighted by atomic mass is 10.3. The molecule has 0 aliphatic heterocycles. The van der Waals surface area contributed by atoms with Gasteiger partial charge in [-0.3, -0.25) is 4.79 Å². The topological polar surface area (TPSA) is 55.1 Å². The molecule has 1 aliphatic rings. The molecular weight excluding hydrogens is 287 g/mol. The molecule has 0 spiro atoms. The van der Waals surface area contributed by atoms with E-state index in [1.165, 1.54) is 0 Å². The monoisotopic (exact) mass is 298 g/mol. The van der Waals surface area contributed by atoms with Gasteiger partial charge in [0, 0.05) is 12.5 Å². The van der Waals surface area contributed by atoms with Crippen LogP contribution in [-0.4, -0.2) is 20.6 Å². The Hall–Kier alpha value is -1.26. The van der Waals surface area contributed by atoms with E-state index >= 15 is 0 Å². The first kappa shape index (κ1) is 12.8. The van der Waals surface area contributed by atoms with Crippen molar-refractivity contribution in [3.63, 3.8) is 0 Å². The summed E-state index contributed by atoms with van der Waals surface area (Å²) < 4.78 is 1.96. The molecule has 1 fully saturated rings. The van der Waals surface area contributed by atoms with Crippen LogP contribution in [0.15, 0.2) is 12.1 Å². The molecule has 19 heavy (non-hydrogen) atoms. The summed E-state index contributed by atoms with van der Waals surface area (Å²) in [5, 5.41) is 9.78. The summed E-state index contributed by atoms with van der Waals surface area (Å²) in [5.74, 6) is 0.581. The van der Waals surface area contributed by atoms with Gasteiger partial charge in [0.25, 0.3) is 0 Å². The number of halogens is 2. The smallest absolute Gasteiger partial charge is 0.305 e. The minimum atomic E-state index is -0.816. The molecule has 0 radical (unpaired) electrons. The van der Waals surface area contributed by atoms with Crippen LogP contribution in [0.5, 0.6) is 0 Å². The zero-order valence-corrected chi connectivity index (χ0v) is 11.6. The number of benzene rings is 1. The third kappa shape index (κ3) is 2.42. The number of carbonyl (C=O) groups is 1. The Morgan fingerprint density at radius 2 is 2.05 bits per heavy atom. The van der Waals surface area contributed by atoms with E-state index in [1.807, 2.05) is 4.57 Å². The number of aromatic nitrogens is 2. The Bertz CT molecular complexity index is 662. The maximum atomic E-state index is 10.8. The average molecular weight is 299 g/mol. The summed E-state index contributed by atoms with van der Waals surface area (Å²) in [6, 6.07) is 3.50. The van der Waals surface area contributed by atoms with Crippen LogP contribution in [-0.2, 0) is 11.3 Å². The molecule has 1 aromatic heterocycles. The van der Waals surface area contributed by atoms with E-state index in [2.05, 4.69) is 4.98 Å². The second-order valence-corrected chi connectivity index (χ2v) is 5.61. The molecule has 2 aromatic rings. The van der Waals surface area contributed by atoms with Crippen molar-refractivity contribution in [3.05, 3.63) is 28.0 Å². The maximum Gasteiger partial charge on any atom is 0.305 e. The van der Waals surface area contributed by atoms with Gasteiger partial charge in [0.2, 0.25) is 0 Å². The van der Waals surface area contributed by atoms with Crippen molar-refractivity contribution in [2.45, 2.75) is 31.7 Å². The summed E-state index contributed by atoms with van der Waals surface area (Å²) in [7, 11) is 0. The SMILES string of the molecule is O=C(O)CCn1c(C2CC2)nc2cc(Cl)c(Cl)cc21. The predicted octanol–water partition coefficient (Wildman–Crippen LogP) is 3.70. The first-order valence-corrected chi connectivity index (χ1v) is 6.89. The highest BCUT2D eigenvalue weighted by Crippen LogP contribution is 2.41. The lowest BCUT2D eigenvalue weighted by Gasteiger charge is -2.07. The Labute approximate surface area is 119 Å². The Morgan fingerprint density at radius 1 is 1.37 bits per heavy atom. The molecule has 0 unspecified atom stereocenters. The fourth-order valence-electron chi connectivity index (χ4n) is 2.23. The number of hydrogen-bond donors (Lipinski definition) is 1. The zero-order valence-electron chi connectivity index (χ0n) is 10.1. The van der Waals surface area contributed by atoms with Gasteiger partial charge >= 0.3 is 5.97 Å². The van der Waals surface area contributed by atoms with Gasteiger partial charge in [0.15, 0.2) is 0 Å². The van der Waals surface area contributed by atoms with E-state index in [1.54, 1.807) is 12.1 Å². The minimum Gasteiger partial charge on any atom is -0.481 e. The molecular formula is C13H12Cl2N2O2. The van der Waals surface area contributed by atoms with Gasteiger partial charge in [0.05, 0.1) is 27.5 Å². The van der Waals surface area contributed by atoms with E-state index in [0.717, 1.165) is 29.7 Å². The minimum absolute atomic E-state index is 0.0748. The first-order chi connectivity index (χ1) is 9.06. The van der Waals surface area contributed by atoms with Crippen molar-refractivity contribution in [1.82, 2.24) is 9.55 Å². The molecule has 0 atom stereocenters. The standard InChI is InChI=1S/C13H12Cl2N2O2/c14-8-5-10-11(6-9(8)15)17(4-3-12(18)19)13(16-10)7-1-2-7/h5-7H,1-4H2,(H,18,19). The van der Waals surface area contributed by atoms with Gasteiger partial charge in [-0.05, 0) is 25.0 Å². The largest absolute Gasteiger partial charge is 0.481 e. The van der Waals surface area contributed by atoms with Gasteiger partial charge in [-0.1, -0.05) is 23.2 Å². The summed E-state index contributed by atoms with van der Waals surface area (Å²) in [6.07, 6.45) is 2.29. The number of imidazole rings is 1. The fraction of sp³-hybridized carbons (Fsp3) is 0.385. The van der Waals surface area contributed by atoms with Crippen molar-refractivity contribution in [2.24, 2.45) is 0 Å². The average Bonchev–Trinajstić information content (AvgIpc) is 3.12. The lowest BCUT2D eigenvalue weighted by molar-refractivity contribution is -0.137. The molecule has 6 heteroatoms. The number of aryl methyl sites for hydroxylation is 1. The number of carboxylic acid groups (broad SMARTS) is 1. The molecule has 100 valence electrons. The van der Waals surface area contributed by atoms with Crippen LogP contribution in [0.4, 0.5) is 0 Å². The Morgan fingerprint density at radius 3 is 2.68 bits per heavy atom. The normalized spacial score (nSPS) is 15.1. The Kier molecular flexibility index (Phi) is 3.15. The maximum absolute atomic E-state index is 10.8. The lowest BCUT2D eigenvalue weighted by Crippen LogP contribution is -2.07. The number of carboxylic acids is 1. The molecule has 0 amide bonds. The van der Waals surface area contributed by atoms with Crippen LogP contribution in [0, 0.1) is 0 Å². The third-order valence-electron chi connectivity index (χ3n) is 3.31. The van der Waals surface area contributed by atoms with Gasteiger partial charge in [-0.25, -0.2) is 4.98 Å². The van der Waals surface area contributed by atoms with E-state index < -0.39 is 5.97 Å². The van der Waals surface area contributed by atoms with E-state index in [-0.39, 0.29) is 6.42 Å². The van der Waals surface area contributed by atoms with Crippen LogP contribution in [0.25, 0.3) is 11.0 Å². The highest BCUT2D eigenvalue weighted by Gasteiger charge is 2.29. The quantitative estimate of drug-likeness (QED) is 0.936. The molecule has 0 bridgehead atoms. The fourth-order valence-corrected chi connectivity index (χ4v) is 2.55. The number of aliphatic carboxylic acids is 1. The summed E-state index contributed by atoms with van der Waals surface area (Å²) in [5.41, 5.74) is 1.64.